The highest BCUT2D eigenvalue weighted by Gasteiger charge is 2.31. The molecule has 2 aromatic carbocycles. The molecule has 1 amide bonds. The Morgan fingerprint density at radius 2 is 1.72 bits per heavy atom. The quantitative estimate of drug-likeness (QED) is 0.557. The Labute approximate surface area is 175 Å². The van der Waals surface area contributed by atoms with E-state index in [1.165, 1.54) is 30.2 Å². The molecule has 150 valence electrons. The molecule has 0 spiro atoms. The number of hydrogen-bond donors (Lipinski definition) is 1. The fraction of sp³-hybridized carbons (Fsp3) is 0.348. The summed E-state index contributed by atoms with van der Waals surface area (Å²) in [6, 6.07) is 20.3. The minimum atomic E-state index is -0.257. The Hall–Kier alpha value is -2.60. The highest BCUT2D eigenvalue weighted by Crippen LogP contribution is 2.40. The second kappa shape index (κ2) is 8.82. The lowest BCUT2D eigenvalue weighted by Crippen LogP contribution is -2.33. The summed E-state index contributed by atoms with van der Waals surface area (Å²) in [5, 5.41) is 12.5. The number of rotatable bonds is 8. The number of aromatic nitrogens is 3. The molecule has 3 aromatic rings. The molecule has 2 unspecified atom stereocenters. The highest BCUT2D eigenvalue weighted by molar-refractivity contribution is 8.00. The van der Waals surface area contributed by atoms with Gasteiger partial charge in [-0.1, -0.05) is 72.4 Å². The van der Waals surface area contributed by atoms with Crippen molar-refractivity contribution in [1.82, 2.24) is 20.1 Å². The molecule has 1 aromatic heterocycles. The SMILES string of the molecule is CC(Sc1nnc(C2CC2)n1Cc1ccccc1)C(=O)NC(C)c1ccccc1. The highest BCUT2D eigenvalue weighted by atomic mass is 32.2. The van der Waals surface area contributed by atoms with Gasteiger partial charge in [-0.25, -0.2) is 0 Å². The number of carbonyl (C=O) groups is 1. The van der Waals surface area contributed by atoms with Crippen LogP contribution >= 0.6 is 11.8 Å². The van der Waals surface area contributed by atoms with E-state index >= 15 is 0 Å². The predicted molar refractivity (Wildman–Crippen MR) is 116 cm³/mol. The standard InChI is InChI=1S/C23H26N4OS/c1-16(19-11-7-4-8-12-19)24-22(28)17(2)29-23-26-25-21(20-13-14-20)27(23)15-18-9-5-3-6-10-18/h3-12,16-17,20H,13-15H2,1-2H3,(H,24,28). The largest absolute Gasteiger partial charge is 0.349 e. The number of carbonyl (C=O) groups excluding carboxylic acids is 1. The number of amides is 1. The molecular formula is C23H26N4OS. The van der Waals surface area contributed by atoms with E-state index in [0.29, 0.717) is 5.92 Å². The van der Waals surface area contributed by atoms with Gasteiger partial charge in [-0.05, 0) is 37.8 Å². The normalized spacial score (nSPS) is 15.7. The topological polar surface area (TPSA) is 59.8 Å². The van der Waals surface area contributed by atoms with Gasteiger partial charge in [0.05, 0.1) is 17.8 Å². The van der Waals surface area contributed by atoms with Crippen molar-refractivity contribution in [3.05, 3.63) is 77.6 Å². The van der Waals surface area contributed by atoms with E-state index < -0.39 is 0 Å². The fourth-order valence-corrected chi connectivity index (χ4v) is 4.18. The minimum Gasteiger partial charge on any atom is -0.349 e. The van der Waals surface area contributed by atoms with Crippen molar-refractivity contribution in [3.8, 4) is 0 Å². The monoisotopic (exact) mass is 406 g/mol. The zero-order chi connectivity index (χ0) is 20.2. The molecule has 0 bridgehead atoms. The maximum absolute atomic E-state index is 12.8. The second-order valence-corrected chi connectivity index (χ2v) is 8.90. The van der Waals surface area contributed by atoms with Crippen molar-refractivity contribution in [2.45, 2.75) is 55.6 Å². The maximum Gasteiger partial charge on any atom is 0.233 e. The van der Waals surface area contributed by atoms with Gasteiger partial charge in [0.1, 0.15) is 5.82 Å². The lowest BCUT2D eigenvalue weighted by atomic mass is 10.1. The number of benzene rings is 2. The molecule has 6 heteroatoms. The van der Waals surface area contributed by atoms with E-state index in [0.717, 1.165) is 23.1 Å². The number of thioether (sulfide) groups is 1. The summed E-state index contributed by atoms with van der Waals surface area (Å²) >= 11 is 1.48. The van der Waals surface area contributed by atoms with E-state index in [1.54, 1.807) is 0 Å². The van der Waals surface area contributed by atoms with Gasteiger partial charge < -0.3 is 9.88 Å². The Morgan fingerprint density at radius 3 is 2.38 bits per heavy atom. The van der Waals surface area contributed by atoms with Crippen LogP contribution in [0.2, 0.25) is 0 Å². The van der Waals surface area contributed by atoms with Gasteiger partial charge in [0.2, 0.25) is 5.91 Å². The van der Waals surface area contributed by atoms with Gasteiger partial charge in [0, 0.05) is 5.92 Å². The zero-order valence-electron chi connectivity index (χ0n) is 16.8. The summed E-state index contributed by atoms with van der Waals surface area (Å²) in [5.41, 5.74) is 2.31. The van der Waals surface area contributed by atoms with Crippen molar-refractivity contribution in [1.29, 1.82) is 0 Å². The van der Waals surface area contributed by atoms with Gasteiger partial charge in [-0.3, -0.25) is 4.79 Å². The van der Waals surface area contributed by atoms with Gasteiger partial charge in [0.15, 0.2) is 5.16 Å². The lowest BCUT2D eigenvalue weighted by Gasteiger charge is -2.18. The molecule has 5 nitrogen and oxygen atoms in total. The lowest BCUT2D eigenvalue weighted by molar-refractivity contribution is -0.120. The van der Waals surface area contributed by atoms with Crippen LogP contribution in [0.4, 0.5) is 0 Å². The Morgan fingerprint density at radius 1 is 1.07 bits per heavy atom. The van der Waals surface area contributed by atoms with E-state index in [-0.39, 0.29) is 17.2 Å². The van der Waals surface area contributed by atoms with Crippen molar-refractivity contribution in [2.24, 2.45) is 0 Å². The first-order valence-electron chi connectivity index (χ1n) is 10.1. The predicted octanol–water partition coefficient (Wildman–Crippen LogP) is 4.56. The fourth-order valence-electron chi connectivity index (χ4n) is 3.31. The second-order valence-electron chi connectivity index (χ2n) is 7.59. The van der Waals surface area contributed by atoms with Crippen LogP contribution in [0.3, 0.4) is 0 Å². The van der Waals surface area contributed by atoms with Crippen molar-refractivity contribution in [3.63, 3.8) is 0 Å². The van der Waals surface area contributed by atoms with E-state index in [1.807, 2.05) is 62.4 Å². The molecule has 4 rings (SSSR count). The van der Waals surface area contributed by atoms with Crippen LogP contribution < -0.4 is 5.32 Å². The molecule has 1 saturated carbocycles. The van der Waals surface area contributed by atoms with Crippen LogP contribution in [0.5, 0.6) is 0 Å². The molecule has 0 radical (unpaired) electrons. The van der Waals surface area contributed by atoms with Crippen molar-refractivity contribution < 1.29 is 4.79 Å². The molecule has 0 aliphatic heterocycles. The van der Waals surface area contributed by atoms with Crippen LogP contribution in [-0.4, -0.2) is 25.9 Å². The van der Waals surface area contributed by atoms with E-state index in [2.05, 4.69) is 32.2 Å². The maximum atomic E-state index is 12.8. The molecule has 29 heavy (non-hydrogen) atoms. The minimum absolute atomic E-state index is 0.00795. The molecule has 1 N–H and O–H groups in total. The van der Waals surface area contributed by atoms with Gasteiger partial charge >= 0.3 is 0 Å². The molecule has 1 fully saturated rings. The summed E-state index contributed by atoms with van der Waals surface area (Å²) in [4.78, 5) is 12.8. The first-order chi connectivity index (χ1) is 14.1. The smallest absolute Gasteiger partial charge is 0.233 e. The van der Waals surface area contributed by atoms with Crippen LogP contribution in [0.15, 0.2) is 65.8 Å². The third-order valence-electron chi connectivity index (χ3n) is 5.18. The molecule has 0 saturated heterocycles. The Kier molecular flexibility index (Phi) is 6.00. The van der Waals surface area contributed by atoms with E-state index in [9.17, 15) is 4.79 Å². The average Bonchev–Trinajstić information content (AvgIpc) is 3.52. The van der Waals surface area contributed by atoms with Gasteiger partial charge in [-0.2, -0.15) is 0 Å². The molecule has 1 aliphatic rings. The number of nitrogens with zero attached hydrogens (tertiary/aromatic N) is 3. The van der Waals surface area contributed by atoms with Crippen molar-refractivity contribution in [2.75, 3.05) is 0 Å². The van der Waals surface area contributed by atoms with Gasteiger partial charge in [0.25, 0.3) is 0 Å². The van der Waals surface area contributed by atoms with Crippen molar-refractivity contribution >= 4 is 17.7 Å². The summed E-state index contributed by atoms with van der Waals surface area (Å²) in [7, 11) is 0. The third-order valence-corrected chi connectivity index (χ3v) is 6.26. The molecule has 1 heterocycles. The number of hydrogen-bond acceptors (Lipinski definition) is 4. The summed E-state index contributed by atoms with van der Waals surface area (Å²) in [6.07, 6.45) is 2.34. The summed E-state index contributed by atoms with van der Waals surface area (Å²) in [5.74, 6) is 1.55. The van der Waals surface area contributed by atoms with Crippen LogP contribution in [0, 0.1) is 0 Å². The van der Waals surface area contributed by atoms with Crippen LogP contribution in [0.1, 0.15) is 55.6 Å². The Balaban J connectivity index is 1.46. The zero-order valence-corrected chi connectivity index (χ0v) is 17.6. The Bertz CT molecular complexity index is 954. The first kappa shape index (κ1) is 19.7. The van der Waals surface area contributed by atoms with E-state index in [4.69, 9.17) is 0 Å². The van der Waals surface area contributed by atoms with Crippen LogP contribution in [0.25, 0.3) is 0 Å². The molecule has 1 aliphatic carbocycles. The molecular weight excluding hydrogens is 380 g/mol. The summed E-state index contributed by atoms with van der Waals surface area (Å²) in [6.45, 7) is 4.67. The molecule has 2 atom stereocenters. The summed E-state index contributed by atoms with van der Waals surface area (Å²) < 4.78 is 2.18. The first-order valence-corrected chi connectivity index (χ1v) is 11.0. The third kappa shape index (κ3) is 4.88. The van der Waals surface area contributed by atoms with Gasteiger partial charge in [-0.15, -0.1) is 10.2 Å². The average molecular weight is 407 g/mol. The van der Waals surface area contributed by atoms with Crippen LogP contribution in [-0.2, 0) is 11.3 Å². The number of nitrogens with one attached hydrogen (secondary N) is 1.